The van der Waals surface area contributed by atoms with E-state index in [0.29, 0.717) is 6.10 Å². The third-order valence-corrected chi connectivity index (χ3v) is 3.96. The van der Waals surface area contributed by atoms with Crippen molar-refractivity contribution in [3.8, 4) is 0 Å². The highest BCUT2D eigenvalue weighted by Crippen LogP contribution is 2.12. The van der Waals surface area contributed by atoms with Crippen molar-refractivity contribution in [2.24, 2.45) is 0 Å². The van der Waals surface area contributed by atoms with Gasteiger partial charge >= 0.3 is 0 Å². The molecule has 106 valence electrons. The lowest BCUT2D eigenvalue weighted by Gasteiger charge is -2.18. The Morgan fingerprint density at radius 2 is 2.16 bits per heavy atom. The maximum atomic E-state index is 5.59. The van der Waals surface area contributed by atoms with Crippen LogP contribution in [0.3, 0.4) is 0 Å². The Labute approximate surface area is 124 Å². The second-order valence-corrected chi connectivity index (χ2v) is 6.12. The van der Waals surface area contributed by atoms with Crippen molar-refractivity contribution in [1.82, 2.24) is 10.2 Å². The highest BCUT2D eigenvalue weighted by molar-refractivity contribution is 9.10. The minimum absolute atomic E-state index is 0.441. The van der Waals surface area contributed by atoms with Crippen LogP contribution in [0, 0.1) is 0 Å². The van der Waals surface area contributed by atoms with Gasteiger partial charge in [0.15, 0.2) is 0 Å². The third kappa shape index (κ3) is 5.61. The van der Waals surface area contributed by atoms with Crippen LogP contribution in [-0.2, 0) is 11.3 Å². The van der Waals surface area contributed by atoms with Gasteiger partial charge in [0.25, 0.3) is 0 Å². The molecule has 1 fully saturated rings. The van der Waals surface area contributed by atoms with E-state index in [-0.39, 0.29) is 0 Å². The van der Waals surface area contributed by atoms with Crippen molar-refractivity contribution in [3.05, 3.63) is 34.3 Å². The number of nitrogens with one attached hydrogen (secondary N) is 1. The van der Waals surface area contributed by atoms with Gasteiger partial charge in [-0.1, -0.05) is 28.1 Å². The molecule has 1 heterocycles. The Hall–Kier alpha value is -0.420. The quantitative estimate of drug-likeness (QED) is 0.779. The first-order valence-electron chi connectivity index (χ1n) is 6.99. The van der Waals surface area contributed by atoms with Gasteiger partial charge in [-0.2, -0.15) is 0 Å². The normalized spacial score (nSPS) is 19.2. The lowest BCUT2D eigenvalue weighted by molar-refractivity contribution is 0.109. The molecular formula is C15H23BrN2O. The van der Waals surface area contributed by atoms with Gasteiger partial charge in [0.2, 0.25) is 0 Å². The van der Waals surface area contributed by atoms with Crippen LogP contribution in [0.15, 0.2) is 28.7 Å². The number of benzene rings is 1. The fourth-order valence-corrected chi connectivity index (χ4v) is 2.58. The van der Waals surface area contributed by atoms with Crippen molar-refractivity contribution in [2.75, 3.05) is 33.3 Å². The first kappa shape index (κ1) is 15.0. The highest BCUT2D eigenvalue weighted by Gasteiger charge is 2.14. The first-order valence-corrected chi connectivity index (χ1v) is 7.78. The van der Waals surface area contributed by atoms with Gasteiger partial charge in [-0.3, -0.25) is 0 Å². The number of nitrogens with zero attached hydrogens (tertiary/aromatic N) is 1. The van der Waals surface area contributed by atoms with E-state index >= 15 is 0 Å². The van der Waals surface area contributed by atoms with Crippen molar-refractivity contribution < 1.29 is 4.74 Å². The molecule has 0 aliphatic carbocycles. The molecule has 1 saturated heterocycles. The van der Waals surface area contributed by atoms with E-state index in [1.165, 1.54) is 18.4 Å². The summed E-state index contributed by atoms with van der Waals surface area (Å²) < 4.78 is 6.72. The smallest absolute Gasteiger partial charge is 0.0700 e. The maximum absolute atomic E-state index is 5.59. The molecule has 1 aromatic carbocycles. The third-order valence-electron chi connectivity index (χ3n) is 3.43. The van der Waals surface area contributed by atoms with Crippen LogP contribution in [-0.4, -0.2) is 44.3 Å². The van der Waals surface area contributed by atoms with Gasteiger partial charge in [-0.25, -0.2) is 0 Å². The number of halogens is 1. The van der Waals surface area contributed by atoms with E-state index < -0.39 is 0 Å². The fraction of sp³-hybridized carbons (Fsp3) is 0.600. The Bertz CT molecular complexity index is 363. The number of hydrogen-bond donors (Lipinski definition) is 1. The zero-order valence-corrected chi connectivity index (χ0v) is 13.2. The standard InChI is InChI=1S/C15H23BrN2O/c1-18(12-13-4-6-14(16)7-5-13)9-8-17-11-15-3-2-10-19-15/h4-7,15,17H,2-3,8-12H2,1H3. The molecule has 2 rings (SSSR count). The molecule has 1 aromatic rings. The molecule has 19 heavy (non-hydrogen) atoms. The van der Waals surface area contributed by atoms with Crippen LogP contribution in [0.1, 0.15) is 18.4 Å². The zero-order chi connectivity index (χ0) is 13.5. The predicted molar refractivity (Wildman–Crippen MR) is 82.3 cm³/mol. The van der Waals surface area contributed by atoms with E-state index in [9.17, 15) is 0 Å². The Morgan fingerprint density at radius 1 is 1.37 bits per heavy atom. The van der Waals surface area contributed by atoms with Gasteiger partial charge in [-0.05, 0) is 37.6 Å². The Kier molecular flexibility index (Phi) is 6.31. The maximum Gasteiger partial charge on any atom is 0.0700 e. The van der Waals surface area contributed by atoms with Crippen LogP contribution in [0.25, 0.3) is 0 Å². The monoisotopic (exact) mass is 326 g/mol. The summed E-state index contributed by atoms with van der Waals surface area (Å²) in [5.74, 6) is 0. The second-order valence-electron chi connectivity index (χ2n) is 5.20. The molecule has 0 radical (unpaired) electrons. The summed E-state index contributed by atoms with van der Waals surface area (Å²) >= 11 is 3.46. The SMILES string of the molecule is CN(CCNCC1CCCO1)Cc1ccc(Br)cc1. The summed E-state index contributed by atoms with van der Waals surface area (Å²) in [4.78, 5) is 2.34. The highest BCUT2D eigenvalue weighted by atomic mass is 79.9. The Balaban J connectivity index is 1.58. The molecule has 1 aliphatic rings. The van der Waals surface area contributed by atoms with Crippen molar-refractivity contribution in [2.45, 2.75) is 25.5 Å². The van der Waals surface area contributed by atoms with Gasteiger partial charge in [-0.15, -0.1) is 0 Å². The summed E-state index contributed by atoms with van der Waals surface area (Å²) in [6.07, 6.45) is 2.87. The minimum atomic E-state index is 0.441. The second kappa shape index (κ2) is 8.00. The first-order chi connectivity index (χ1) is 9.24. The van der Waals surface area contributed by atoms with Crippen LogP contribution >= 0.6 is 15.9 Å². The molecule has 1 unspecified atom stereocenters. The summed E-state index contributed by atoms with van der Waals surface area (Å²) in [5, 5.41) is 3.48. The molecule has 4 heteroatoms. The average molecular weight is 327 g/mol. The molecule has 0 saturated carbocycles. The number of hydrogen-bond acceptors (Lipinski definition) is 3. The molecule has 1 atom stereocenters. The molecule has 1 aliphatic heterocycles. The largest absolute Gasteiger partial charge is 0.377 e. The number of rotatable bonds is 7. The molecule has 3 nitrogen and oxygen atoms in total. The summed E-state index contributed by atoms with van der Waals surface area (Å²) in [6.45, 7) is 5.01. The van der Waals surface area contributed by atoms with Crippen LogP contribution in [0.4, 0.5) is 0 Å². The lowest BCUT2D eigenvalue weighted by atomic mass is 10.2. The number of likely N-dealkylation sites (N-methyl/N-ethyl adjacent to an activating group) is 1. The summed E-state index contributed by atoms with van der Waals surface area (Å²) in [5.41, 5.74) is 1.35. The van der Waals surface area contributed by atoms with Crippen LogP contribution < -0.4 is 5.32 Å². The topological polar surface area (TPSA) is 24.5 Å². The van der Waals surface area contributed by atoms with Gasteiger partial charge in [0.05, 0.1) is 6.10 Å². The summed E-state index contributed by atoms with van der Waals surface area (Å²) in [7, 11) is 2.16. The molecule has 1 N–H and O–H groups in total. The minimum Gasteiger partial charge on any atom is -0.377 e. The fourth-order valence-electron chi connectivity index (χ4n) is 2.32. The number of ether oxygens (including phenoxy) is 1. The zero-order valence-electron chi connectivity index (χ0n) is 11.6. The summed E-state index contributed by atoms with van der Waals surface area (Å²) in [6, 6.07) is 8.53. The predicted octanol–water partition coefficient (Wildman–Crippen LogP) is 2.65. The van der Waals surface area contributed by atoms with Gasteiger partial charge in [0, 0.05) is 37.3 Å². The van der Waals surface area contributed by atoms with Crippen molar-refractivity contribution in [3.63, 3.8) is 0 Å². The van der Waals surface area contributed by atoms with E-state index in [1.807, 2.05) is 0 Å². The van der Waals surface area contributed by atoms with E-state index in [4.69, 9.17) is 4.74 Å². The van der Waals surface area contributed by atoms with Crippen molar-refractivity contribution >= 4 is 15.9 Å². The van der Waals surface area contributed by atoms with Crippen LogP contribution in [0.5, 0.6) is 0 Å². The van der Waals surface area contributed by atoms with Crippen LogP contribution in [0.2, 0.25) is 0 Å². The van der Waals surface area contributed by atoms with E-state index in [1.54, 1.807) is 0 Å². The average Bonchev–Trinajstić information content (AvgIpc) is 2.91. The van der Waals surface area contributed by atoms with Gasteiger partial charge in [0.1, 0.15) is 0 Å². The Morgan fingerprint density at radius 3 is 2.84 bits per heavy atom. The molecule has 0 spiro atoms. The van der Waals surface area contributed by atoms with E-state index in [0.717, 1.165) is 37.3 Å². The van der Waals surface area contributed by atoms with E-state index in [2.05, 4.69) is 57.5 Å². The lowest BCUT2D eigenvalue weighted by Crippen LogP contribution is -2.33. The van der Waals surface area contributed by atoms with Crippen molar-refractivity contribution in [1.29, 1.82) is 0 Å². The molecule has 0 amide bonds. The van der Waals surface area contributed by atoms with Gasteiger partial charge < -0.3 is 15.0 Å². The molecule has 0 aromatic heterocycles. The molecular weight excluding hydrogens is 304 g/mol. The molecule has 0 bridgehead atoms.